The van der Waals surface area contributed by atoms with Crippen molar-refractivity contribution in [3.05, 3.63) is 28.3 Å². The van der Waals surface area contributed by atoms with Crippen LogP contribution in [0.3, 0.4) is 0 Å². The summed E-state index contributed by atoms with van der Waals surface area (Å²) in [5.74, 6) is 2.82. The summed E-state index contributed by atoms with van der Waals surface area (Å²) in [6.45, 7) is 6.59. The van der Waals surface area contributed by atoms with E-state index in [4.69, 9.17) is 16.3 Å². The van der Waals surface area contributed by atoms with Gasteiger partial charge >= 0.3 is 0 Å². The minimum atomic E-state index is 0.803. The Kier molecular flexibility index (Phi) is 3.37. The molecule has 3 aliphatic rings. The highest BCUT2D eigenvalue weighted by Crippen LogP contribution is 2.35. The highest BCUT2D eigenvalue weighted by molar-refractivity contribution is 6.30. The zero-order valence-electron chi connectivity index (χ0n) is 11.7. The molecule has 1 N–H and O–H groups in total. The van der Waals surface area contributed by atoms with E-state index >= 15 is 0 Å². The van der Waals surface area contributed by atoms with E-state index in [9.17, 15) is 0 Å². The molecule has 108 valence electrons. The van der Waals surface area contributed by atoms with Crippen molar-refractivity contribution in [1.29, 1.82) is 0 Å². The van der Waals surface area contributed by atoms with Crippen molar-refractivity contribution in [3.63, 3.8) is 0 Å². The lowest BCUT2D eigenvalue weighted by atomic mass is 9.88. The number of benzene rings is 1. The summed E-state index contributed by atoms with van der Waals surface area (Å²) in [4.78, 5) is 2.57. The Labute approximate surface area is 125 Å². The molecule has 1 aromatic carbocycles. The average Bonchev–Trinajstić information content (AvgIpc) is 3.05. The fourth-order valence-corrected chi connectivity index (χ4v) is 4.22. The van der Waals surface area contributed by atoms with Crippen molar-refractivity contribution in [2.24, 2.45) is 11.8 Å². The minimum Gasteiger partial charge on any atom is -0.493 e. The first kappa shape index (κ1) is 12.9. The highest BCUT2D eigenvalue weighted by Gasteiger charge is 2.33. The first-order valence-electron chi connectivity index (χ1n) is 7.67. The maximum absolute atomic E-state index is 6.25. The molecular formula is C16H21ClN2O. The van der Waals surface area contributed by atoms with Gasteiger partial charge in [0.1, 0.15) is 5.75 Å². The van der Waals surface area contributed by atoms with Gasteiger partial charge in [-0.1, -0.05) is 11.6 Å². The molecule has 1 aromatic rings. The lowest BCUT2D eigenvalue weighted by Crippen LogP contribution is -2.39. The molecule has 4 rings (SSSR count). The molecule has 3 aliphatic heterocycles. The van der Waals surface area contributed by atoms with Gasteiger partial charge in [-0.3, -0.25) is 4.90 Å². The van der Waals surface area contributed by atoms with Crippen LogP contribution < -0.4 is 10.1 Å². The number of nitrogens with one attached hydrogen (secondary N) is 1. The van der Waals surface area contributed by atoms with E-state index in [0.717, 1.165) is 42.2 Å². The molecule has 3 heterocycles. The van der Waals surface area contributed by atoms with Crippen LogP contribution in [0, 0.1) is 11.8 Å². The lowest BCUT2D eigenvalue weighted by Gasteiger charge is -2.34. The van der Waals surface area contributed by atoms with E-state index in [1.54, 1.807) is 0 Å². The smallest absolute Gasteiger partial charge is 0.127 e. The normalized spacial score (nSPS) is 29.1. The molecule has 0 aromatic heterocycles. The molecule has 20 heavy (non-hydrogen) atoms. The van der Waals surface area contributed by atoms with Crippen LogP contribution in [-0.4, -0.2) is 37.7 Å². The van der Waals surface area contributed by atoms with Crippen LogP contribution in [0.25, 0.3) is 0 Å². The van der Waals surface area contributed by atoms with E-state index in [0.29, 0.717) is 0 Å². The molecule has 0 saturated carbocycles. The second-order valence-electron chi connectivity index (χ2n) is 6.35. The summed E-state index contributed by atoms with van der Waals surface area (Å²) in [6.07, 6.45) is 2.32. The fourth-order valence-electron chi connectivity index (χ4n) is 3.96. The number of hydrogen-bond acceptors (Lipinski definition) is 3. The summed E-state index contributed by atoms with van der Waals surface area (Å²) in [6, 6.07) is 4.14. The lowest BCUT2D eigenvalue weighted by molar-refractivity contribution is 0.141. The summed E-state index contributed by atoms with van der Waals surface area (Å²) < 4.78 is 5.82. The Hall–Kier alpha value is -0.770. The molecule has 0 amide bonds. The largest absolute Gasteiger partial charge is 0.493 e. The molecular weight excluding hydrogens is 272 g/mol. The van der Waals surface area contributed by atoms with Crippen molar-refractivity contribution in [2.45, 2.75) is 19.4 Å². The zero-order chi connectivity index (χ0) is 13.5. The number of likely N-dealkylation sites (tertiary alicyclic amines) is 1. The number of ether oxygens (including phenoxy) is 1. The Bertz CT molecular complexity index is 519. The van der Waals surface area contributed by atoms with Crippen LogP contribution in [0.15, 0.2) is 12.1 Å². The van der Waals surface area contributed by atoms with Crippen LogP contribution in [0.4, 0.5) is 0 Å². The molecule has 2 saturated heterocycles. The Morgan fingerprint density at radius 1 is 1.30 bits per heavy atom. The Morgan fingerprint density at radius 2 is 2.20 bits per heavy atom. The van der Waals surface area contributed by atoms with Crippen LogP contribution >= 0.6 is 11.6 Å². The average molecular weight is 293 g/mol. The number of rotatable bonds is 2. The second kappa shape index (κ2) is 5.21. The predicted molar refractivity (Wildman–Crippen MR) is 80.4 cm³/mol. The number of halogens is 1. The van der Waals surface area contributed by atoms with Crippen molar-refractivity contribution >= 4 is 11.6 Å². The molecule has 0 radical (unpaired) electrons. The van der Waals surface area contributed by atoms with E-state index < -0.39 is 0 Å². The van der Waals surface area contributed by atoms with Gasteiger partial charge in [-0.2, -0.15) is 0 Å². The SMILES string of the molecule is Clc1cc2c(c(CN3CCC4CNCC4C3)c1)OCC2. The predicted octanol–water partition coefficient (Wildman–Crippen LogP) is 2.32. The monoisotopic (exact) mass is 292 g/mol. The topological polar surface area (TPSA) is 24.5 Å². The highest BCUT2D eigenvalue weighted by atomic mass is 35.5. The van der Waals surface area contributed by atoms with E-state index in [1.165, 1.54) is 43.7 Å². The van der Waals surface area contributed by atoms with E-state index in [-0.39, 0.29) is 0 Å². The molecule has 2 atom stereocenters. The quantitative estimate of drug-likeness (QED) is 0.905. The Morgan fingerprint density at radius 3 is 3.15 bits per heavy atom. The second-order valence-corrected chi connectivity index (χ2v) is 6.79. The summed E-state index contributed by atoms with van der Waals surface area (Å²) in [5.41, 5.74) is 2.55. The van der Waals surface area contributed by atoms with Gasteiger partial charge in [0.2, 0.25) is 0 Å². The first-order valence-corrected chi connectivity index (χ1v) is 8.04. The van der Waals surface area contributed by atoms with Gasteiger partial charge in [0.05, 0.1) is 6.61 Å². The van der Waals surface area contributed by atoms with Crippen molar-refractivity contribution in [3.8, 4) is 5.75 Å². The molecule has 0 aliphatic carbocycles. The number of piperidine rings is 1. The number of hydrogen-bond donors (Lipinski definition) is 1. The standard InChI is InChI=1S/C16H21ClN2O/c17-15-5-11-2-4-20-16(11)13(6-15)9-19-3-1-12-7-18-8-14(12)10-19/h5-6,12,14,18H,1-4,7-10H2. The maximum Gasteiger partial charge on any atom is 0.127 e. The maximum atomic E-state index is 6.25. The van der Waals surface area contributed by atoms with Gasteiger partial charge in [0.15, 0.2) is 0 Å². The van der Waals surface area contributed by atoms with Gasteiger partial charge in [-0.25, -0.2) is 0 Å². The third-order valence-electron chi connectivity index (χ3n) is 5.01. The van der Waals surface area contributed by atoms with Crippen LogP contribution in [0.1, 0.15) is 17.5 Å². The minimum absolute atomic E-state index is 0.803. The third kappa shape index (κ3) is 2.32. The van der Waals surface area contributed by atoms with E-state index in [2.05, 4.69) is 22.3 Å². The zero-order valence-corrected chi connectivity index (χ0v) is 12.5. The molecule has 3 nitrogen and oxygen atoms in total. The molecule has 0 bridgehead atoms. The van der Waals surface area contributed by atoms with Gasteiger partial charge in [-0.15, -0.1) is 0 Å². The van der Waals surface area contributed by atoms with E-state index in [1.807, 2.05) is 0 Å². The van der Waals surface area contributed by atoms with Gasteiger partial charge in [-0.05, 0) is 55.6 Å². The number of nitrogens with zero attached hydrogens (tertiary/aromatic N) is 1. The molecule has 2 unspecified atom stereocenters. The Balaban J connectivity index is 1.52. The van der Waals surface area contributed by atoms with Crippen molar-refractivity contribution in [1.82, 2.24) is 10.2 Å². The van der Waals surface area contributed by atoms with Crippen LogP contribution in [0.2, 0.25) is 5.02 Å². The molecule has 0 spiro atoms. The fraction of sp³-hybridized carbons (Fsp3) is 0.625. The van der Waals surface area contributed by atoms with Gasteiger partial charge < -0.3 is 10.1 Å². The molecule has 4 heteroatoms. The first-order chi connectivity index (χ1) is 9.79. The summed E-state index contributed by atoms with van der Waals surface area (Å²) >= 11 is 6.25. The molecule has 2 fully saturated rings. The number of fused-ring (bicyclic) bond motifs is 2. The van der Waals surface area contributed by atoms with Crippen molar-refractivity contribution < 1.29 is 4.74 Å². The van der Waals surface area contributed by atoms with Crippen LogP contribution in [-0.2, 0) is 13.0 Å². The summed E-state index contributed by atoms with van der Waals surface area (Å²) in [5, 5.41) is 4.38. The van der Waals surface area contributed by atoms with Crippen molar-refractivity contribution in [2.75, 3.05) is 32.8 Å². The van der Waals surface area contributed by atoms with Crippen LogP contribution in [0.5, 0.6) is 5.75 Å². The third-order valence-corrected chi connectivity index (χ3v) is 5.23. The van der Waals surface area contributed by atoms with Gasteiger partial charge in [0.25, 0.3) is 0 Å². The van der Waals surface area contributed by atoms with Gasteiger partial charge in [0, 0.05) is 30.1 Å². The summed E-state index contributed by atoms with van der Waals surface area (Å²) in [7, 11) is 0.